The molecular weight excluding hydrogens is 484 g/mol. The number of amides is 2. The summed E-state index contributed by atoms with van der Waals surface area (Å²) in [4.78, 5) is 34.2. The summed E-state index contributed by atoms with van der Waals surface area (Å²) in [5.74, 6) is 0.601. The van der Waals surface area contributed by atoms with Crippen LogP contribution in [0.25, 0.3) is 11.0 Å². The Morgan fingerprint density at radius 1 is 0.946 bits per heavy atom. The van der Waals surface area contributed by atoms with Crippen molar-refractivity contribution in [2.45, 2.75) is 95.8 Å². The molecule has 0 spiro atoms. The summed E-state index contributed by atoms with van der Waals surface area (Å²) in [7, 11) is 0. The Balaban J connectivity index is 1.43. The van der Waals surface area contributed by atoms with Crippen molar-refractivity contribution in [3.05, 3.63) is 64.9 Å². The number of rotatable bonds is 7. The molecule has 0 radical (unpaired) electrons. The van der Waals surface area contributed by atoms with Crippen molar-refractivity contribution in [2.75, 3.05) is 0 Å². The lowest BCUT2D eigenvalue weighted by Crippen LogP contribution is -2.50. The largest absolute Gasteiger partial charge is 0.342 e. The lowest BCUT2D eigenvalue weighted by Gasteiger charge is -2.42. The Hall–Kier alpha value is -2.86. The topological polar surface area (TPSA) is 67.2 Å². The van der Waals surface area contributed by atoms with Gasteiger partial charge in [-0.05, 0) is 56.9 Å². The number of fused-ring (bicyclic) bond motifs is 1. The molecule has 37 heavy (non-hydrogen) atoms. The van der Waals surface area contributed by atoms with Crippen LogP contribution < -0.4 is 5.32 Å². The molecule has 7 heteroatoms. The molecule has 2 saturated carbocycles. The number of carbonyl (C=O) groups is 2. The molecule has 1 aromatic heterocycles. The standard InChI is InChI=1S/C30H37ClN4O2/c1-21(32-30(37)24-16-8-9-17-25(24)31)29-33-26-18-10-11-19-27(26)34(29)20-28(36)35(22-12-4-2-5-13-22)23-14-6-3-7-15-23/h8-11,16-19,21-23H,2-7,12-15,20H2,1H3,(H,32,37). The van der Waals surface area contributed by atoms with Gasteiger partial charge in [0, 0.05) is 12.1 Å². The highest BCUT2D eigenvalue weighted by atomic mass is 35.5. The first kappa shape index (κ1) is 25.8. The molecule has 6 nitrogen and oxygen atoms in total. The van der Waals surface area contributed by atoms with Gasteiger partial charge in [-0.15, -0.1) is 0 Å². The van der Waals surface area contributed by atoms with Crippen molar-refractivity contribution in [2.24, 2.45) is 0 Å². The highest BCUT2D eigenvalue weighted by Crippen LogP contribution is 2.31. The van der Waals surface area contributed by atoms with Gasteiger partial charge in [-0.25, -0.2) is 4.98 Å². The minimum absolute atomic E-state index is 0.174. The molecule has 2 aliphatic carbocycles. The fourth-order valence-corrected chi connectivity index (χ4v) is 6.44. The van der Waals surface area contributed by atoms with E-state index in [2.05, 4.69) is 10.2 Å². The summed E-state index contributed by atoms with van der Waals surface area (Å²) in [6, 6.07) is 15.2. The Labute approximate surface area is 224 Å². The Kier molecular flexibility index (Phi) is 8.14. The molecule has 0 bridgehead atoms. The number of nitrogens with zero attached hydrogens (tertiary/aromatic N) is 3. The van der Waals surface area contributed by atoms with E-state index in [4.69, 9.17) is 16.6 Å². The van der Waals surface area contributed by atoms with Crippen molar-refractivity contribution < 1.29 is 9.59 Å². The second-order valence-electron chi connectivity index (χ2n) is 10.6. The molecule has 5 rings (SSSR count). The van der Waals surface area contributed by atoms with E-state index in [0.29, 0.717) is 28.5 Å². The zero-order chi connectivity index (χ0) is 25.8. The summed E-state index contributed by atoms with van der Waals surface area (Å²) in [5, 5.41) is 3.46. The maximum Gasteiger partial charge on any atom is 0.253 e. The van der Waals surface area contributed by atoms with Crippen LogP contribution in [0.1, 0.15) is 93.4 Å². The van der Waals surface area contributed by atoms with E-state index in [-0.39, 0.29) is 18.4 Å². The number of halogens is 1. The number of benzene rings is 2. The summed E-state index contributed by atoms with van der Waals surface area (Å²) >= 11 is 6.26. The maximum absolute atomic E-state index is 14.1. The van der Waals surface area contributed by atoms with Crippen LogP contribution in [0.3, 0.4) is 0 Å². The van der Waals surface area contributed by atoms with Gasteiger partial charge in [0.1, 0.15) is 12.4 Å². The third-order valence-electron chi connectivity index (χ3n) is 8.05. The van der Waals surface area contributed by atoms with Crippen LogP contribution in [0.15, 0.2) is 48.5 Å². The second-order valence-corrected chi connectivity index (χ2v) is 11.0. The van der Waals surface area contributed by atoms with Gasteiger partial charge >= 0.3 is 0 Å². The van der Waals surface area contributed by atoms with Gasteiger partial charge in [0.2, 0.25) is 5.91 Å². The molecule has 3 aromatic rings. The number of imidazole rings is 1. The van der Waals surface area contributed by atoms with Gasteiger partial charge in [0.05, 0.1) is 27.7 Å². The van der Waals surface area contributed by atoms with Crippen molar-refractivity contribution in [3.8, 4) is 0 Å². The van der Waals surface area contributed by atoms with Crippen molar-refractivity contribution in [1.82, 2.24) is 19.8 Å². The first-order chi connectivity index (χ1) is 18.0. The predicted molar refractivity (Wildman–Crippen MR) is 148 cm³/mol. The van der Waals surface area contributed by atoms with Gasteiger partial charge in [0.15, 0.2) is 0 Å². The van der Waals surface area contributed by atoms with Crippen LogP contribution in [0.2, 0.25) is 5.02 Å². The van der Waals surface area contributed by atoms with Gasteiger partial charge in [-0.1, -0.05) is 74.4 Å². The number of nitrogens with one attached hydrogen (secondary N) is 1. The first-order valence-corrected chi connectivity index (χ1v) is 14.2. The average molecular weight is 521 g/mol. The van der Waals surface area contributed by atoms with E-state index >= 15 is 0 Å². The summed E-state index contributed by atoms with van der Waals surface area (Å²) in [6.07, 6.45) is 11.7. The average Bonchev–Trinajstić information content (AvgIpc) is 3.28. The van der Waals surface area contributed by atoms with E-state index in [1.165, 1.54) is 38.5 Å². The van der Waals surface area contributed by atoms with Gasteiger partial charge < -0.3 is 14.8 Å². The number of aromatic nitrogens is 2. The molecule has 2 fully saturated rings. The second kappa shape index (κ2) is 11.7. The molecule has 2 aliphatic rings. The van der Waals surface area contributed by atoms with Crippen LogP contribution in [-0.4, -0.2) is 38.3 Å². The molecule has 0 aliphatic heterocycles. The molecule has 1 atom stereocenters. The number of carbonyl (C=O) groups excluding carboxylic acids is 2. The van der Waals surface area contributed by atoms with E-state index in [1.807, 2.05) is 35.8 Å². The molecule has 1 unspecified atom stereocenters. The van der Waals surface area contributed by atoms with Gasteiger partial charge in [-0.2, -0.15) is 0 Å². The van der Waals surface area contributed by atoms with Crippen LogP contribution >= 0.6 is 11.6 Å². The highest BCUT2D eigenvalue weighted by Gasteiger charge is 2.33. The Bertz CT molecular complexity index is 1230. The molecular formula is C30H37ClN4O2. The number of hydrogen-bond acceptors (Lipinski definition) is 3. The summed E-state index contributed by atoms with van der Waals surface area (Å²) < 4.78 is 2.01. The van der Waals surface area contributed by atoms with E-state index in [1.54, 1.807) is 24.3 Å². The Morgan fingerprint density at radius 3 is 2.19 bits per heavy atom. The maximum atomic E-state index is 14.1. The first-order valence-electron chi connectivity index (χ1n) is 13.8. The lowest BCUT2D eigenvalue weighted by molar-refractivity contribution is -0.138. The van der Waals surface area contributed by atoms with Gasteiger partial charge in [-0.3, -0.25) is 9.59 Å². The van der Waals surface area contributed by atoms with Crippen LogP contribution in [-0.2, 0) is 11.3 Å². The van der Waals surface area contributed by atoms with Crippen molar-refractivity contribution in [3.63, 3.8) is 0 Å². The van der Waals surface area contributed by atoms with E-state index in [0.717, 1.165) is 36.7 Å². The molecule has 1 heterocycles. The fourth-order valence-electron chi connectivity index (χ4n) is 6.22. The summed E-state index contributed by atoms with van der Waals surface area (Å²) in [5.41, 5.74) is 2.17. The summed E-state index contributed by atoms with van der Waals surface area (Å²) in [6.45, 7) is 2.14. The molecule has 0 saturated heterocycles. The Morgan fingerprint density at radius 2 is 1.54 bits per heavy atom. The quantitative estimate of drug-likeness (QED) is 0.378. The molecule has 196 valence electrons. The third kappa shape index (κ3) is 5.69. The number of para-hydroxylation sites is 2. The lowest BCUT2D eigenvalue weighted by atomic mass is 9.88. The molecule has 1 N–H and O–H groups in total. The predicted octanol–water partition coefficient (Wildman–Crippen LogP) is 6.67. The zero-order valence-electron chi connectivity index (χ0n) is 21.7. The minimum Gasteiger partial charge on any atom is -0.342 e. The minimum atomic E-state index is -0.401. The number of hydrogen-bond donors (Lipinski definition) is 1. The van der Waals surface area contributed by atoms with Gasteiger partial charge in [0.25, 0.3) is 5.91 Å². The fraction of sp³-hybridized carbons (Fsp3) is 0.500. The highest BCUT2D eigenvalue weighted by molar-refractivity contribution is 6.33. The monoisotopic (exact) mass is 520 g/mol. The van der Waals surface area contributed by atoms with Crippen LogP contribution in [0.5, 0.6) is 0 Å². The molecule has 2 aromatic carbocycles. The smallest absolute Gasteiger partial charge is 0.253 e. The van der Waals surface area contributed by atoms with Crippen LogP contribution in [0, 0.1) is 0 Å². The van der Waals surface area contributed by atoms with E-state index in [9.17, 15) is 9.59 Å². The zero-order valence-corrected chi connectivity index (χ0v) is 22.4. The van der Waals surface area contributed by atoms with E-state index < -0.39 is 6.04 Å². The normalized spacial score (nSPS) is 18.0. The van der Waals surface area contributed by atoms with Crippen LogP contribution in [0.4, 0.5) is 0 Å². The molecule has 2 amide bonds. The van der Waals surface area contributed by atoms with Crippen molar-refractivity contribution >= 4 is 34.4 Å². The third-order valence-corrected chi connectivity index (χ3v) is 8.38. The van der Waals surface area contributed by atoms with Crippen molar-refractivity contribution in [1.29, 1.82) is 0 Å². The SMILES string of the molecule is CC(NC(=O)c1ccccc1Cl)c1nc2ccccc2n1CC(=O)N(C1CCCCC1)C1CCCCC1.